The van der Waals surface area contributed by atoms with Crippen molar-refractivity contribution in [2.24, 2.45) is 10.8 Å². The first-order valence-electron chi connectivity index (χ1n) is 5.04. The van der Waals surface area contributed by atoms with E-state index in [-0.39, 0.29) is 17.4 Å². The summed E-state index contributed by atoms with van der Waals surface area (Å²) in [5.74, 6) is 0. The summed E-state index contributed by atoms with van der Waals surface area (Å²) in [5.41, 5.74) is 0.0356. The van der Waals surface area contributed by atoms with E-state index in [0.717, 1.165) is 12.8 Å². The summed E-state index contributed by atoms with van der Waals surface area (Å²) >= 11 is 0. The van der Waals surface area contributed by atoms with E-state index < -0.39 is 6.10 Å². The quantitative estimate of drug-likeness (QED) is 0.694. The van der Waals surface area contributed by atoms with Crippen molar-refractivity contribution >= 4 is 0 Å². The summed E-state index contributed by atoms with van der Waals surface area (Å²) in [6, 6.07) is 0. The highest BCUT2D eigenvalue weighted by molar-refractivity contribution is 4.83. The first kappa shape index (κ1) is 12.9. The molecule has 0 aromatic carbocycles. The van der Waals surface area contributed by atoms with Crippen molar-refractivity contribution in [1.29, 1.82) is 0 Å². The fraction of sp³-hybridized carbons (Fsp3) is 1.00. The van der Waals surface area contributed by atoms with Crippen LogP contribution in [-0.2, 0) is 0 Å². The molecule has 0 bridgehead atoms. The first-order valence-corrected chi connectivity index (χ1v) is 5.04. The van der Waals surface area contributed by atoms with Crippen molar-refractivity contribution in [2.75, 3.05) is 6.61 Å². The van der Waals surface area contributed by atoms with Crippen LogP contribution in [-0.4, -0.2) is 22.9 Å². The van der Waals surface area contributed by atoms with Gasteiger partial charge >= 0.3 is 0 Å². The molecule has 0 fully saturated rings. The predicted octanol–water partition coefficient (Wildman–Crippen LogP) is 2.19. The zero-order valence-corrected chi connectivity index (χ0v) is 9.59. The van der Waals surface area contributed by atoms with Crippen LogP contribution in [0.25, 0.3) is 0 Å². The third-order valence-corrected chi connectivity index (χ3v) is 2.97. The van der Waals surface area contributed by atoms with Gasteiger partial charge in [-0.2, -0.15) is 0 Å². The van der Waals surface area contributed by atoms with Gasteiger partial charge in [0.25, 0.3) is 0 Å². The Morgan fingerprint density at radius 1 is 1.15 bits per heavy atom. The van der Waals surface area contributed by atoms with Crippen LogP contribution < -0.4 is 0 Å². The molecule has 2 N–H and O–H groups in total. The Bertz CT molecular complexity index is 150. The lowest BCUT2D eigenvalue weighted by molar-refractivity contribution is -0.0194. The van der Waals surface area contributed by atoms with Crippen molar-refractivity contribution in [1.82, 2.24) is 0 Å². The highest BCUT2D eigenvalue weighted by atomic mass is 16.3. The molecule has 0 radical (unpaired) electrons. The molecule has 0 rings (SSSR count). The summed E-state index contributed by atoms with van der Waals surface area (Å²) in [4.78, 5) is 0. The average molecular weight is 188 g/mol. The first-order chi connectivity index (χ1) is 5.75. The maximum atomic E-state index is 9.59. The van der Waals surface area contributed by atoms with Crippen LogP contribution in [0.15, 0.2) is 0 Å². The molecule has 1 atom stereocenters. The van der Waals surface area contributed by atoms with Gasteiger partial charge in [0, 0.05) is 0 Å². The number of hydrogen-bond donors (Lipinski definition) is 2. The molecule has 2 heteroatoms. The molecule has 1 unspecified atom stereocenters. The van der Waals surface area contributed by atoms with Crippen LogP contribution in [0, 0.1) is 10.8 Å². The van der Waals surface area contributed by atoms with Gasteiger partial charge in [-0.3, -0.25) is 0 Å². The fourth-order valence-electron chi connectivity index (χ4n) is 1.72. The summed E-state index contributed by atoms with van der Waals surface area (Å²) in [7, 11) is 0. The van der Waals surface area contributed by atoms with Gasteiger partial charge in [0.2, 0.25) is 0 Å². The highest BCUT2D eigenvalue weighted by Gasteiger charge is 2.33. The SMILES string of the molecule is CCC(C)(C)CC(C)(C)C(O)CO. The minimum absolute atomic E-state index is 0.146. The maximum Gasteiger partial charge on any atom is 0.0821 e. The normalized spacial score (nSPS) is 15.9. The lowest BCUT2D eigenvalue weighted by Crippen LogP contribution is -2.36. The van der Waals surface area contributed by atoms with Gasteiger partial charge in [-0.05, 0) is 17.3 Å². The molecule has 0 aromatic rings. The number of rotatable bonds is 5. The molecule has 80 valence electrons. The third-order valence-electron chi connectivity index (χ3n) is 2.97. The molecule has 13 heavy (non-hydrogen) atoms. The molecular weight excluding hydrogens is 164 g/mol. The highest BCUT2D eigenvalue weighted by Crippen LogP contribution is 2.37. The van der Waals surface area contributed by atoms with Crippen LogP contribution in [0.3, 0.4) is 0 Å². The van der Waals surface area contributed by atoms with E-state index in [0.29, 0.717) is 0 Å². The van der Waals surface area contributed by atoms with E-state index in [2.05, 4.69) is 20.8 Å². The second-order valence-corrected chi connectivity index (χ2v) is 5.38. The standard InChI is InChI=1S/C11H24O2/c1-6-10(2,3)8-11(4,5)9(13)7-12/h9,12-13H,6-8H2,1-5H3. The Morgan fingerprint density at radius 2 is 1.62 bits per heavy atom. The van der Waals surface area contributed by atoms with Gasteiger partial charge in [-0.25, -0.2) is 0 Å². The van der Waals surface area contributed by atoms with E-state index in [1.807, 2.05) is 13.8 Å². The van der Waals surface area contributed by atoms with Gasteiger partial charge < -0.3 is 10.2 Å². The zero-order valence-electron chi connectivity index (χ0n) is 9.59. The second kappa shape index (κ2) is 4.43. The van der Waals surface area contributed by atoms with Gasteiger partial charge in [-0.15, -0.1) is 0 Å². The molecule has 0 saturated carbocycles. The van der Waals surface area contributed by atoms with Crippen molar-refractivity contribution < 1.29 is 10.2 Å². The average Bonchev–Trinajstić information content (AvgIpc) is 2.01. The molecule has 0 aromatic heterocycles. The lowest BCUT2D eigenvalue weighted by Gasteiger charge is -2.37. The topological polar surface area (TPSA) is 40.5 Å². The third kappa shape index (κ3) is 4.10. The minimum Gasteiger partial charge on any atom is -0.394 e. The monoisotopic (exact) mass is 188 g/mol. The lowest BCUT2D eigenvalue weighted by atomic mass is 9.71. The van der Waals surface area contributed by atoms with Crippen LogP contribution in [0.5, 0.6) is 0 Å². The van der Waals surface area contributed by atoms with Crippen LogP contribution >= 0.6 is 0 Å². The molecule has 0 aliphatic carbocycles. The molecule has 0 aliphatic heterocycles. The Morgan fingerprint density at radius 3 is 1.92 bits per heavy atom. The van der Waals surface area contributed by atoms with E-state index in [4.69, 9.17) is 5.11 Å². The summed E-state index contributed by atoms with van der Waals surface area (Å²) in [5, 5.41) is 18.5. The Kier molecular flexibility index (Phi) is 4.40. The minimum atomic E-state index is -0.613. The van der Waals surface area contributed by atoms with Crippen LogP contribution in [0.2, 0.25) is 0 Å². The summed E-state index contributed by atoms with van der Waals surface area (Å²) < 4.78 is 0. The van der Waals surface area contributed by atoms with E-state index in [1.54, 1.807) is 0 Å². The number of hydrogen-bond acceptors (Lipinski definition) is 2. The fourth-order valence-corrected chi connectivity index (χ4v) is 1.72. The van der Waals surface area contributed by atoms with Crippen LogP contribution in [0.4, 0.5) is 0 Å². The zero-order chi connectivity index (χ0) is 10.7. The Labute approximate surface area is 82.0 Å². The van der Waals surface area contributed by atoms with Crippen molar-refractivity contribution in [2.45, 2.75) is 53.6 Å². The summed E-state index contributed by atoms with van der Waals surface area (Å²) in [6.07, 6.45) is 1.41. The van der Waals surface area contributed by atoms with Crippen molar-refractivity contribution in [3.05, 3.63) is 0 Å². The largest absolute Gasteiger partial charge is 0.394 e. The van der Waals surface area contributed by atoms with E-state index in [1.165, 1.54) is 0 Å². The Hall–Kier alpha value is -0.0800. The van der Waals surface area contributed by atoms with Gasteiger partial charge in [0.15, 0.2) is 0 Å². The smallest absolute Gasteiger partial charge is 0.0821 e. The second-order valence-electron chi connectivity index (χ2n) is 5.38. The molecule has 0 spiro atoms. The Balaban J connectivity index is 4.32. The molecular formula is C11H24O2. The molecule has 0 aliphatic rings. The van der Waals surface area contributed by atoms with Crippen LogP contribution in [0.1, 0.15) is 47.5 Å². The number of aliphatic hydroxyl groups is 2. The molecule has 0 saturated heterocycles. The predicted molar refractivity (Wildman–Crippen MR) is 55.6 cm³/mol. The summed E-state index contributed by atoms with van der Waals surface area (Å²) in [6.45, 7) is 10.4. The van der Waals surface area contributed by atoms with E-state index in [9.17, 15) is 5.11 Å². The molecule has 0 amide bonds. The van der Waals surface area contributed by atoms with Gasteiger partial charge in [-0.1, -0.05) is 41.0 Å². The molecule has 2 nitrogen and oxygen atoms in total. The van der Waals surface area contributed by atoms with Gasteiger partial charge in [0.05, 0.1) is 12.7 Å². The van der Waals surface area contributed by atoms with Crippen molar-refractivity contribution in [3.8, 4) is 0 Å². The van der Waals surface area contributed by atoms with Gasteiger partial charge in [0.1, 0.15) is 0 Å². The number of aliphatic hydroxyl groups excluding tert-OH is 2. The van der Waals surface area contributed by atoms with Crippen molar-refractivity contribution in [3.63, 3.8) is 0 Å². The maximum absolute atomic E-state index is 9.59. The molecule has 0 heterocycles. The van der Waals surface area contributed by atoms with E-state index >= 15 is 0 Å².